The number of carbonyl (C=O) groups excluding carboxylic acids is 1. The van der Waals surface area contributed by atoms with Crippen molar-refractivity contribution in [1.82, 2.24) is 4.90 Å². The van der Waals surface area contributed by atoms with E-state index in [1.807, 2.05) is 17.9 Å². The van der Waals surface area contributed by atoms with Crippen LogP contribution in [-0.2, 0) is 16.0 Å². The topological polar surface area (TPSA) is 49.8 Å². The number of benzene rings is 1. The maximum Gasteiger partial charge on any atom is 0.227 e. The minimum Gasteiger partial charge on any atom is -0.508 e. The van der Waals surface area contributed by atoms with E-state index in [4.69, 9.17) is 4.74 Å². The molecule has 1 fully saturated rings. The number of hydrogen-bond acceptors (Lipinski definition) is 3. The summed E-state index contributed by atoms with van der Waals surface area (Å²) in [6.07, 6.45) is 0.274. The summed E-state index contributed by atoms with van der Waals surface area (Å²) < 4.78 is 5.60. The summed E-state index contributed by atoms with van der Waals surface area (Å²) in [5, 5.41) is 10.4. The maximum atomic E-state index is 12.3. The van der Waals surface area contributed by atoms with Gasteiger partial charge >= 0.3 is 0 Å². The third kappa shape index (κ3) is 3.48. The van der Waals surface area contributed by atoms with Crippen molar-refractivity contribution >= 4 is 21.8 Å². The summed E-state index contributed by atoms with van der Waals surface area (Å²) in [6, 6.07) is 7.04. The van der Waals surface area contributed by atoms with Crippen molar-refractivity contribution in [3.8, 4) is 5.75 Å². The van der Waals surface area contributed by atoms with Crippen LogP contribution in [0.3, 0.4) is 0 Å². The Balaban J connectivity index is 2.04. The Labute approximate surface area is 121 Å². The lowest BCUT2D eigenvalue weighted by Gasteiger charge is -2.37. The second kappa shape index (κ2) is 6.39. The molecule has 0 aliphatic carbocycles. The summed E-state index contributed by atoms with van der Waals surface area (Å²) in [5.74, 6) is 0.206. The van der Waals surface area contributed by atoms with E-state index in [9.17, 15) is 9.90 Å². The lowest BCUT2D eigenvalue weighted by atomic mass is 10.1. The van der Waals surface area contributed by atoms with Crippen molar-refractivity contribution in [3.05, 3.63) is 29.8 Å². The van der Waals surface area contributed by atoms with Crippen molar-refractivity contribution in [3.63, 3.8) is 0 Å². The molecule has 1 aliphatic heterocycles. The van der Waals surface area contributed by atoms with Crippen molar-refractivity contribution in [2.24, 2.45) is 0 Å². The first kappa shape index (κ1) is 14.3. The fraction of sp³-hybridized carbons (Fsp3) is 0.500. The molecule has 1 N–H and O–H groups in total. The third-order valence-corrected chi connectivity index (χ3v) is 4.05. The van der Waals surface area contributed by atoms with Gasteiger partial charge in [0.1, 0.15) is 5.75 Å². The molecule has 1 saturated heterocycles. The van der Waals surface area contributed by atoms with E-state index in [2.05, 4.69) is 15.9 Å². The molecule has 0 radical (unpaired) electrons. The number of aromatic hydroxyl groups is 1. The SMILES string of the molecule is CC1COC(CBr)CN1C(=O)Cc1ccccc1O. The van der Waals surface area contributed by atoms with Crippen molar-refractivity contribution in [2.75, 3.05) is 18.5 Å². The Hall–Kier alpha value is -1.07. The van der Waals surface area contributed by atoms with E-state index in [1.54, 1.807) is 18.2 Å². The number of morpholine rings is 1. The number of phenols is 1. The van der Waals surface area contributed by atoms with Crippen LogP contribution in [0.4, 0.5) is 0 Å². The third-order valence-electron chi connectivity index (χ3n) is 3.33. The number of alkyl halides is 1. The molecule has 4 nitrogen and oxygen atoms in total. The molecular weight excluding hydrogens is 310 g/mol. The number of carbonyl (C=O) groups is 1. The van der Waals surface area contributed by atoms with Crippen LogP contribution in [0.5, 0.6) is 5.75 Å². The fourth-order valence-electron chi connectivity index (χ4n) is 2.18. The summed E-state index contributed by atoms with van der Waals surface area (Å²) in [7, 11) is 0. The normalized spacial score (nSPS) is 23.4. The van der Waals surface area contributed by atoms with Crippen LogP contribution in [0.2, 0.25) is 0 Å². The first-order chi connectivity index (χ1) is 9.11. The molecule has 0 aromatic heterocycles. The molecule has 1 aromatic carbocycles. The quantitative estimate of drug-likeness (QED) is 0.863. The molecule has 1 heterocycles. The Morgan fingerprint density at radius 3 is 2.95 bits per heavy atom. The van der Waals surface area contributed by atoms with Crippen LogP contribution < -0.4 is 0 Å². The Kier molecular flexibility index (Phi) is 4.82. The number of nitrogens with zero attached hydrogens (tertiary/aromatic N) is 1. The van der Waals surface area contributed by atoms with Gasteiger partial charge in [-0.1, -0.05) is 34.1 Å². The summed E-state index contributed by atoms with van der Waals surface area (Å²) >= 11 is 3.38. The predicted octanol–water partition coefficient (Wildman–Crippen LogP) is 1.95. The van der Waals surface area contributed by atoms with Crippen LogP contribution in [0.1, 0.15) is 12.5 Å². The molecular formula is C14H18BrNO3. The first-order valence-electron chi connectivity index (χ1n) is 6.35. The van der Waals surface area contributed by atoms with E-state index in [-0.39, 0.29) is 30.2 Å². The van der Waals surface area contributed by atoms with E-state index in [0.29, 0.717) is 18.7 Å². The molecule has 19 heavy (non-hydrogen) atoms. The lowest BCUT2D eigenvalue weighted by molar-refractivity contribution is -0.142. The molecule has 0 saturated carbocycles. The van der Waals surface area contributed by atoms with E-state index >= 15 is 0 Å². The van der Waals surface area contributed by atoms with Gasteiger partial charge in [0.05, 0.1) is 25.2 Å². The second-order valence-electron chi connectivity index (χ2n) is 4.81. The smallest absolute Gasteiger partial charge is 0.227 e. The van der Waals surface area contributed by atoms with Crippen LogP contribution >= 0.6 is 15.9 Å². The van der Waals surface area contributed by atoms with Crippen LogP contribution in [0.15, 0.2) is 24.3 Å². The minimum atomic E-state index is 0.0308. The maximum absolute atomic E-state index is 12.3. The minimum absolute atomic E-state index is 0.0308. The molecule has 2 rings (SSSR count). The largest absolute Gasteiger partial charge is 0.508 e. The number of phenolic OH excluding ortho intramolecular Hbond substituents is 1. The summed E-state index contributed by atoms with van der Waals surface area (Å²) in [5.41, 5.74) is 0.668. The van der Waals surface area contributed by atoms with Gasteiger partial charge in [0.2, 0.25) is 5.91 Å². The van der Waals surface area contributed by atoms with Gasteiger partial charge in [-0.25, -0.2) is 0 Å². The zero-order valence-corrected chi connectivity index (χ0v) is 12.5. The van der Waals surface area contributed by atoms with E-state index in [1.165, 1.54) is 0 Å². The van der Waals surface area contributed by atoms with Gasteiger partial charge in [-0.3, -0.25) is 4.79 Å². The number of ether oxygens (including phenoxy) is 1. The molecule has 0 spiro atoms. The van der Waals surface area contributed by atoms with Crippen molar-refractivity contribution < 1.29 is 14.6 Å². The Morgan fingerprint density at radius 2 is 2.26 bits per heavy atom. The predicted molar refractivity (Wildman–Crippen MR) is 76.5 cm³/mol. The lowest BCUT2D eigenvalue weighted by Crippen LogP contribution is -2.52. The molecule has 2 atom stereocenters. The van der Waals surface area contributed by atoms with Gasteiger partial charge in [0, 0.05) is 17.4 Å². The van der Waals surface area contributed by atoms with Gasteiger partial charge in [-0.2, -0.15) is 0 Å². The highest BCUT2D eigenvalue weighted by Crippen LogP contribution is 2.19. The number of amides is 1. The molecule has 2 unspecified atom stereocenters. The highest BCUT2D eigenvalue weighted by atomic mass is 79.9. The summed E-state index contributed by atoms with van der Waals surface area (Å²) in [6.45, 7) is 3.13. The number of rotatable bonds is 3. The molecule has 1 amide bonds. The standard InChI is InChI=1S/C14H18BrNO3/c1-10-9-19-12(7-15)8-16(10)14(18)6-11-4-2-3-5-13(11)17/h2-5,10,12,17H,6-9H2,1H3. The van der Waals surface area contributed by atoms with Crippen LogP contribution in [0.25, 0.3) is 0 Å². The summed E-state index contributed by atoms with van der Waals surface area (Å²) in [4.78, 5) is 14.2. The van der Waals surface area contributed by atoms with Gasteiger partial charge in [-0.05, 0) is 13.0 Å². The first-order valence-corrected chi connectivity index (χ1v) is 7.48. The Morgan fingerprint density at radius 1 is 1.53 bits per heavy atom. The average molecular weight is 328 g/mol. The van der Waals surface area contributed by atoms with Gasteiger partial charge in [0.15, 0.2) is 0 Å². The van der Waals surface area contributed by atoms with Crippen LogP contribution in [-0.4, -0.2) is 46.5 Å². The second-order valence-corrected chi connectivity index (χ2v) is 5.46. The Bertz CT molecular complexity index is 452. The monoisotopic (exact) mass is 327 g/mol. The zero-order chi connectivity index (χ0) is 13.8. The van der Waals surface area contributed by atoms with E-state index < -0.39 is 0 Å². The molecule has 0 bridgehead atoms. The van der Waals surface area contributed by atoms with Gasteiger partial charge < -0.3 is 14.7 Å². The molecule has 104 valence electrons. The number of hydrogen-bond donors (Lipinski definition) is 1. The van der Waals surface area contributed by atoms with Crippen molar-refractivity contribution in [1.29, 1.82) is 0 Å². The number of para-hydroxylation sites is 1. The van der Waals surface area contributed by atoms with Crippen LogP contribution in [0, 0.1) is 0 Å². The molecule has 5 heteroatoms. The van der Waals surface area contributed by atoms with Crippen molar-refractivity contribution in [2.45, 2.75) is 25.5 Å². The van der Waals surface area contributed by atoms with Gasteiger partial charge in [-0.15, -0.1) is 0 Å². The highest BCUT2D eigenvalue weighted by Gasteiger charge is 2.29. The highest BCUT2D eigenvalue weighted by molar-refractivity contribution is 9.09. The van der Waals surface area contributed by atoms with Gasteiger partial charge in [0.25, 0.3) is 0 Å². The fourth-order valence-corrected chi connectivity index (χ4v) is 2.57. The molecule has 1 aliphatic rings. The van der Waals surface area contributed by atoms with E-state index in [0.717, 1.165) is 5.33 Å². The average Bonchev–Trinajstić information content (AvgIpc) is 2.42. The zero-order valence-electron chi connectivity index (χ0n) is 10.9. The number of halogens is 1. The molecule has 1 aromatic rings.